The summed E-state index contributed by atoms with van der Waals surface area (Å²) >= 11 is 0. The number of carboxylic acid groups (broad SMARTS) is 1. The van der Waals surface area contributed by atoms with Gasteiger partial charge in [0.15, 0.2) is 5.60 Å². The van der Waals surface area contributed by atoms with Crippen molar-refractivity contribution in [1.29, 1.82) is 0 Å². The first-order chi connectivity index (χ1) is 14.6. The topological polar surface area (TPSA) is 104 Å². The van der Waals surface area contributed by atoms with Crippen LogP contribution in [0.4, 0.5) is 0 Å². The molecule has 6 heteroatoms. The van der Waals surface area contributed by atoms with Crippen LogP contribution in [0.15, 0.2) is 42.5 Å². The second-order valence-corrected chi connectivity index (χ2v) is 8.01. The van der Waals surface area contributed by atoms with Crippen LogP contribution in [0.25, 0.3) is 0 Å². The zero-order valence-corrected chi connectivity index (χ0v) is 17.6. The van der Waals surface area contributed by atoms with Gasteiger partial charge in [0.25, 0.3) is 0 Å². The van der Waals surface area contributed by atoms with Gasteiger partial charge in [-0.1, -0.05) is 18.2 Å². The van der Waals surface area contributed by atoms with Crippen molar-refractivity contribution in [1.82, 2.24) is 0 Å². The molecule has 0 bridgehead atoms. The zero-order valence-electron chi connectivity index (χ0n) is 17.6. The normalized spacial score (nSPS) is 14.3. The molecule has 0 unspecified atom stereocenters. The quantitative estimate of drug-likeness (QED) is 0.542. The van der Waals surface area contributed by atoms with Gasteiger partial charge in [0, 0.05) is 16.7 Å². The van der Waals surface area contributed by atoms with Crippen molar-refractivity contribution in [2.75, 3.05) is 0 Å². The predicted octanol–water partition coefficient (Wildman–Crippen LogP) is 4.49. The van der Waals surface area contributed by atoms with E-state index in [1.165, 1.54) is 30.3 Å². The maximum absolute atomic E-state index is 13.0. The third-order valence-electron chi connectivity index (χ3n) is 5.96. The van der Waals surface area contributed by atoms with E-state index in [1.807, 2.05) is 13.8 Å². The van der Waals surface area contributed by atoms with Crippen LogP contribution in [0.5, 0.6) is 11.5 Å². The molecule has 158 valence electrons. The number of hydrogen-bond acceptors (Lipinski definition) is 5. The summed E-state index contributed by atoms with van der Waals surface area (Å²) in [6.07, 6.45) is 0. The van der Waals surface area contributed by atoms with Crippen molar-refractivity contribution >= 4 is 11.9 Å². The lowest BCUT2D eigenvalue weighted by atomic mass is 9.74. The Labute approximate surface area is 179 Å². The molecule has 0 saturated carbocycles. The molecule has 0 amide bonds. The van der Waals surface area contributed by atoms with Crippen LogP contribution in [0.3, 0.4) is 0 Å². The van der Waals surface area contributed by atoms with E-state index in [0.717, 1.165) is 0 Å². The van der Waals surface area contributed by atoms with Gasteiger partial charge in [-0.05, 0) is 74.2 Å². The first-order valence-electron chi connectivity index (χ1n) is 9.79. The number of aromatic carboxylic acids is 1. The Hall–Kier alpha value is -3.80. The molecular formula is C25H22O6. The number of phenolic OH excluding ortho intramolecular Hbond substituents is 2. The lowest BCUT2D eigenvalue weighted by Crippen LogP contribution is -2.33. The first-order valence-corrected chi connectivity index (χ1v) is 9.79. The summed E-state index contributed by atoms with van der Waals surface area (Å²) < 4.78 is 6.01. The molecule has 0 atom stereocenters. The van der Waals surface area contributed by atoms with E-state index in [0.29, 0.717) is 33.4 Å². The Kier molecular flexibility index (Phi) is 4.54. The van der Waals surface area contributed by atoms with Gasteiger partial charge in [0.1, 0.15) is 11.5 Å². The van der Waals surface area contributed by atoms with Gasteiger partial charge in [0.2, 0.25) is 0 Å². The second kappa shape index (κ2) is 6.87. The highest BCUT2D eigenvalue weighted by atomic mass is 16.6. The number of aromatic hydroxyl groups is 2. The van der Waals surface area contributed by atoms with Crippen molar-refractivity contribution in [2.45, 2.75) is 33.3 Å². The minimum Gasteiger partial charge on any atom is -0.508 e. The average Bonchev–Trinajstić information content (AvgIpc) is 3.01. The van der Waals surface area contributed by atoms with Crippen LogP contribution < -0.4 is 0 Å². The van der Waals surface area contributed by atoms with Crippen LogP contribution in [0, 0.1) is 27.7 Å². The number of cyclic esters (lactones) is 1. The molecule has 31 heavy (non-hydrogen) atoms. The summed E-state index contributed by atoms with van der Waals surface area (Å²) in [5.74, 6) is -1.89. The zero-order chi connectivity index (χ0) is 22.7. The van der Waals surface area contributed by atoms with Crippen molar-refractivity contribution < 1.29 is 29.6 Å². The molecule has 0 aromatic heterocycles. The molecule has 0 spiro atoms. The van der Waals surface area contributed by atoms with E-state index in [9.17, 15) is 24.9 Å². The average molecular weight is 418 g/mol. The summed E-state index contributed by atoms with van der Waals surface area (Å²) in [6.45, 7) is 7.11. The molecule has 1 aliphatic heterocycles. The van der Waals surface area contributed by atoms with Gasteiger partial charge in [-0.2, -0.15) is 0 Å². The summed E-state index contributed by atoms with van der Waals surface area (Å²) in [6, 6.07) is 11.0. The molecule has 1 heterocycles. The lowest BCUT2D eigenvalue weighted by molar-refractivity contribution is 0.0241. The Morgan fingerprint density at radius 2 is 1.35 bits per heavy atom. The SMILES string of the molecule is Cc1cc(C)c(C2(c3cc(O)c(C)cc3C)OC(=O)c3cccc(C(=O)O)c32)cc1O. The van der Waals surface area contributed by atoms with Crippen LogP contribution in [0.1, 0.15) is 59.7 Å². The highest BCUT2D eigenvalue weighted by Crippen LogP contribution is 2.52. The molecule has 3 aromatic carbocycles. The number of carbonyl (C=O) groups is 2. The molecule has 6 nitrogen and oxygen atoms in total. The number of phenols is 2. The summed E-state index contributed by atoms with van der Waals surface area (Å²) in [5.41, 5.74) is 2.14. The minimum atomic E-state index is -1.65. The number of hydrogen-bond donors (Lipinski definition) is 3. The van der Waals surface area contributed by atoms with Crippen molar-refractivity contribution in [3.63, 3.8) is 0 Å². The minimum absolute atomic E-state index is 0.00809. The lowest BCUT2D eigenvalue weighted by Gasteiger charge is -2.34. The van der Waals surface area contributed by atoms with Crippen LogP contribution in [0.2, 0.25) is 0 Å². The number of carboxylic acids is 1. The standard InChI is InChI=1S/C25H22O6/c1-12-8-14(3)20(26)10-18(12)25(19-11-21(27)15(4)9-13(19)2)22-16(23(28)29)6-5-7-17(22)24(30)31-25/h5-11,26-27H,1-4H3,(H,28,29). The number of aryl methyl sites for hydroxylation is 4. The Morgan fingerprint density at radius 1 is 0.839 bits per heavy atom. The van der Waals surface area contributed by atoms with E-state index in [-0.39, 0.29) is 28.2 Å². The molecular weight excluding hydrogens is 396 g/mol. The van der Waals surface area contributed by atoms with Crippen molar-refractivity contribution in [2.24, 2.45) is 0 Å². The van der Waals surface area contributed by atoms with E-state index < -0.39 is 17.5 Å². The Bertz CT molecular complexity index is 1210. The van der Waals surface area contributed by atoms with Crippen LogP contribution >= 0.6 is 0 Å². The van der Waals surface area contributed by atoms with E-state index in [2.05, 4.69) is 0 Å². The molecule has 0 aliphatic carbocycles. The van der Waals surface area contributed by atoms with Gasteiger partial charge in [-0.25, -0.2) is 9.59 Å². The number of ether oxygens (including phenoxy) is 1. The monoisotopic (exact) mass is 418 g/mol. The fourth-order valence-electron chi connectivity index (χ4n) is 4.49. The fraction of sp³-hybridized carbons (Fsp3) is 0.200. The molecule has 0 saturated heterocycles. The molecule has 0 radical (unpaired) electrons. The highest BCUT2D eigenvalue weighted by Gasteiger charge is 2.52. The molecule has 0 fully saturated rings. The molecule has 3 aromatic rings. The highest BCUT2D eigenvalue weighted by molar-refractivity contribution is 6.02. The fourth-order valence-corrected chi connectivity index (χ4v) is 4.49. The Balaban J connectivity index is 2.23. The smallest absolute Gasteiger partial charge is 0.340 e. The largest absolute Gasteiger partial charge is 0.508 e. The van der Waals surface area contributed by atoms with Gasteiger partial charge in [0.05, 0.1) is 11.1 Å². The van der Waals surface area contributed by atoms with E-state index in [4.69, 9.17) is 4.74 Å². The summed E-state index contributed by atoms with van der Waals surface area (Å²) in [5, 5.41) is 30.9. The van der Waals surface area contributed by atoms with Crippen LogP contribution in [-0.4, -0.2) is 27.3 Å². The molecule has 3 N–H and O–H groups in total. The summed E-state index contributed by atoms with van der Waals surface area (Å²) in [4.78, 5) is 25.2. The molecule has 4 rings (SSSR count). The number of carbonyl (C=O) groups excluding carboxylic acids is 1. The number of fused-ring (bicyclic) bond motifs is 1. The van der Waals surface area contributed by atoms with Crippen molar-refractivity contribution in [3.05, 3.63) is 92.5 Å². The third-order valence-corrected chi connectivity index (χ3v) is 5.96. The van der Waals surface area contributed by atoms with E-state index in [1.54, 1.807) is 26.0 Å². The van der Waals surface area contributed by atoms with Gasteiger partial charge < -0.3 is 20.1 Å². The van der Waals surface area contributed by atoms with E-state index >= 15 is 0 Å². The maximum atomic E-state index is 13.0. The second-order valence-electron chi connectivity index (χ2n) is 8.01. The Morgan fingerprint density at radius 3 is 1.84 bits per heavy atom. The first kappa shape index (κ1) is 20.5. The maximum Gasteiger partial charge on any atom is 0.340 e. The van der Waals surface area contributed by atoms with Crippen LogP contribution in [-0.2, 0) is 10.3 Å². The number of benzene rings is 3. The predicted molar refractivity (Wildman–Crippen MR) is 114 cm³/mol. The third kappa shape index (κ3) is 2.86. The number of rotatable bonds is 3. The molecule has 1 aliphatic rings. The number of esters is 1. The van der Waals surface area contributed by atoms with Crippen molar-refractivity contribution in [3.8, 4) is 11.5 Å². The summed E-state index contributed by atoms with van der Waals surface area (Å²) in [7, 11) is 0. The van der Waals surface area contributed by atoms with Gasteiger partial charge in [-0.3, -0.25) is 0 Å². The van der Waals surface area contributed by atoms with Gasteiger partial charge in [-0.15, -0.1) is 0 Å². The van der Waals surface area contributed by atoms with Gasteiger partial charge >= 0.3 is 11.9 Å².